The predicted octanol–water partition coefficient (Wildman–Crippen LogP) is 3.08. The van der Waals surface area contributed by atoms with E-state index in [1.165, 1.54) is 12.0 Å². The van der Waals surface area contributed by atoms with Gasteiger partial charge in [0.05, 0.1) is 5.69 Å². The second kappa shape index (κ2) is 9.14. The summed E-state index contributed by atoms with van der Waals surface area (Å²) in [5, 5.41) is 0. The predicted molar refractivity (Wildman–Crippen MR) is 125 cm³/mol. The lowest BCUT2D eigenvalue weighted by atomic mass is 9.90. The van der Waals surface area contributed by atoms with Gasteiger partial charge in [0.2, 0.25) is 11.7 Å². The first-order chi connectivity index (χ1) is 16.1. The number of hydrogen-bond donors (Lipinski definition) is 0. The van der Waals surface area contributed by atoms with Crippen molar-refractivity contribution in [3.63, 3.8) is 0 Å². The van der Waals surface area contributed by atoms with Crippen LogP contribution >= 0.6 is 0 Å². The van der Waals surface area contributed by atoms with Crippen LogP contribution in [0.1, 0.15) is 41.1 Å². The molecule has 2 amide bonds. The zero-order valence-corrected chi connectivity index (χ0v) is 19.3. The maximum absolute atomic E-state index is 13.2. The zero-order chi connectivity index (χ0) is 22.8. The fraction of sp³-hybridized carbons (Fsp3) is 0.500. The van der Waals surface area contributed by atoms with Crippen LogP contribution in [0.5, 0.6) is 0 Å². The zero-order valence-electron chi connectivity index (χ0n) is 19.3. The van der Waals surface area contributed by atoms with Crippen molar-refractivity contribution >= 4 is 17.9 Å². The summed E-state index contributed by atoms with van der Waals surface area (Å²) >= 11 is 0. The quantitative estimate of drug-likeness (QED) is 0.703. The van der Waals surface area contributed by atoms with Gasteiger partial charge in [-0.25, -0.2) is 4.98 Å². The number of piperidine rings is 1. The molecule has 2 aromatic rings. The van der Waals surface area contributed by atoms with Gasteiger partial charge in [-0.3, -0.25) is 14.5 Å². The van der Waals surface area contributed by atoms with Crippen molar-refractivity contribution in [3.05, 3.63) is 59.8 Å². The molecule has 3 aliphatic rings. The first-order valence-corrected chi connectivity index (χ1v) is 12.0. The molecular weight excluding hydrogens is 416 g/mol. The van der Waals surface area contributed by atoms with E-state index in [0.717, 1.165) is 52.0 Å². The van der Waals surface area contributed by atoms with E-state index in [4.69, 9.17) is 4.42 Å². The highest BCUT2D eigenvalue weighted by Gasteiger charge is 2.59. The van der Waals surface area contributed by atoms with Crippen molar-refractivity contribution in [1.82, 2.24) is 19.7 Å². The first-order valence-electron chi connectivity index (χ1n) is 12.0. The van der Waals surface area contributed by atoms with Crippen LogP contribution in [0.15, 0.2) is 47.2 Å². The Morgan fingerprint density at radius 3 is 2.45 bits per heavy atom. The molecule has 1 aliphatic carbocycles. The smallest absolute Gasteiger partial charge is 0.291 e. The number of carbonyl (C=O) groups is 2. The molecule has 1 aromatic heterocycles. The van der Waals surface area contributed by atoms with Gasteiger partial charge in [-0.1, -0.05) is 42.5 Å². The Kier molecular flexibility index (Phi) is 6.06. The van der Waals surface area contributed by atoms with Crippen LogP contribution in [0.25, 0.3) is 6.08 Å². The summed E-state index contributed by atoms with van der Waals surface area (Å²) < 4.78 is 5.27. The Bertz CT molecular complexity index is 1020. The van der Waals surface area contributed by atoms with E-state index in [-0.39, 0.29) is 17.2 Å². The van der Waals surface area contributed by atoms with Gasteiger partial charge >= 0.3 is 0 Å². The third-order valence-corrected chi connectivity index (χ3v) is 7.63. The highest BCUT2D eigenvalue weighted by atomic mass is 16.3. The third kappa shape index (κ3) is 4.60. The van der Waals surface area contributed by atoms with E-state index in [1.807, 2.05) is 23.1 Å². The van der Waals surface area contributed by atoms with Gasteiger partial charge in [0.25, 0.3) is 5.91 Å². The minimum absolute atomic E-state index is 0.0826. The molecule has 3 fully saturated rings. The van der Waals surface area contributed by atoms with Gasteiger partial charge in [0, 0.05) is 51.7 Å². The standard InChI is InChI=1S/C26H32N4O3/c1-20-23(33-19-27-20)25(32)29-12-9-26(10-13-29)18-22(26)24(31)30-16-14-28(15-17-30)11-5-8-21-6-3-2-4-7-21/h2-8,19,22H,9-18H2,1H3/b8-5+/t22-/m1/s1. The van der Waals surface area contributed by atoms with Crippen LogP contribution in [0.3, 0.4) is 0 Å². The number of rotatable bonds is 5. The molecule has 1 aromatic carbocycles. The second-order valence-corrected chi connectivity index (χ2v) is 9.62. The molecule has 1 saturated carbocycles. The Hall–Kier alpha value is -2.93. The van der Waals surface area contributed by atoms with Crippen LogP contribution in [-0.4, -0.2) is 77.3 Å². The first kappa shape index (κ1) is 21.9. The lowest BCUT2D eigenvalue weighted by Gasteiger charge is -2.36. The highest BCUT2D eigenvalue weighted by molar-refractivity contribution is 5.92. The molecule has 0 unspecified atom stereocenters. The number of likely N-dealkylation sites (tertiary alicyclic amines) is 1. The fourth-order valence-electron chi connectivity index (χ4n) is 5.33. The van der Waals surface area contributed by atoms with Gasteiger partial charge in [-0.15, -0.1) is 0 Å². The summed E-state index contributed by atoms with van der Waals surface area (Å²) in [4.78, 5) is 36.2. The SMILES string of the molecule is Cc1ncoc1C(=O)N1CCC2(CC1)C[C@@H]2C(=O)N1CCN(C/C=C/c2ccccc2)CC1. The van der Waals surface area contributed by atoms with Gasteiger partial charge in [0.15, 0.2) is 6.39 Å². The molecule has 7 heteroatoms. The molecule has 3 heterocycles. The van der Waals surface area contributed by atoms with Crippen molar-refractivity contribution < 1.29 is 14.0 Å². The van der Waals surface area contributed by atoms with E-state index in [0.29, 0.717) is 30.5 Å². The van der Waals surface area contributed by atoms with Crippen LogP contribution in [-0.2, 0) is 4.79 Å². The van der Waals surface area contributed by atoms with Crippen molar-refractivity contribution in [2.24, 2.45) is 11.3 Å². The van der Waals surface area contributed by atoms with Gasteiger partial charge < -0.3 is 14.2 Å². The number of amides is 2. The minimum atomic E-state index is -0.0826. The highest BCUT2D eigenvalue weighted by Crippen LogP contribution is 2.60. The molecular formula is C26H32N4O3. The number of carbonyl (C=O) groups excluding carboxylic acids is 2. The number of oxazole rings is 1. The molecule has 2 aliphatic heterocycles. The summed E-state index contributed by atoms with van der Waals surface area (Å²) in [5.41, 5.74) is 1.95. The molecule has 5 rings (SSSR count). The maximum Gasteiger partial charge on any atom is 0.291 e. The van der Waals surface area contributed by atoms with E-state index in [2.05, 4.69) is 39.1 Å². The topological polar surface area (TPSA) is 69.9 Å². The van der Waals surface area contributed by atoms with E-state index < -0.39 is 0 Å². The van der Waals surface area contributed by atoms with E-state index >= 15 is 0 Å². The van der Waals surface area contributed by atoms with Gasteiger partial charge in [-0.2, -0.15) is 0 Å². The molecule has 0 radical (unpaired) electrons. The number of benzene rings is 1. The minimum Gasteiger partial charge on any atom is -0.438 e. The second-order valence-electron chi connectivity index (χ2n) is 9.62. The number of aromatic nitrogens is 1. The van der Waals surface area contributed by atoms with Crippen molar-refractivity contribution in [1.29, 1.82) is 0 Å². The maximum atomic E-state index is 13.2. The number of nitrogens with zero attached hydrogens (tertiary/aromatic N) is 4. The van der Waals surface area contributed by atoms with Gasteiger partial charge in [0.1, 0.15) is 0 Å². The molecule has 0 bridgehead atoms. The lowest BCUT2D eigenvalue weighted by Crippen LogP contribution is -2.49. The Morgan fingerprint density at radius 2 is 1.79 bits per heavy atom. The van der Waals surface area contributed by atoms with Crippen LogP contribution in [0.2, 0.25) is 0 Å². The number of hydrogen-bond acceptors (Lipinski definition) is 5. The average Bonchev–Trinajstić information content (AvgIpc) is 3.37. The Labute approximate surface area is 195 Å². The molecule has 7 nitrogen and oxygen atoms in total. The summed E-state index contributed by atoms with van der Waals surface area (Å²) in [6.07, 6.45) is 8.45. The monoisotopic (exact) mass is 448 g/mol. The summed E-state index contributed by atoms with van der Waals surface area (Å²) in [5.74, 6) is 0.707. The summed E-state index contributed by atoms with van der Waals surface area (Å²) in [7, 11) is 0. The molecule has 2 saturated heterocycles. The third-order valence-electron chi connectivity index (χ3n) is 7.63. The van der Waals surface area contributed by atoms with E-state index in [9.17, 15) is 9.59 Å². The van der Waals surface area contributed by atoms with E-state index in [1.54, 1.807) is 6.92 Å². The van der Waals surface area contributed by atoms with Crippen LogP contribution in [0, 0.1) is 18.3 Å². The molecule has 0 N–H and O–H groups in total. The Morgan fingerprint density at radius 1 is 1.06 bits per heavy atom. The van der Waals surface area contributed by atoms with Crippen molar-refractivity contribution in [2.45, 2.75) is 26.2 Å². The van der Waals surface area contributed by atoms with Crippen molar-refractivity contribution in [2.75, 3.05) is 45.8 Å². The molecule has 1 atom stereocenters. The number of aryl methyl sites for hydroxylation is 1. The van der Waals surface area contributed by atoms with Gasteiger partial charge in [-0.05, 0) is 37.2 Å². The molecule has 33 heavy (non-hydrogen) atoms. The molecule has 1 spiro atoms. The summed E-state index contributed by atoms with van der Waals surface area (Å²) in [6, 6.07) is 10.3. The number of piperazine rings is 1. The Balaban J connectivity index is 1.07. The summed E-state index contributed by atoms with van der Waals surface area (Å²) in [6.45, 7) is 7.53. The largest absolute Gasteiger partial charge is 0.438 e. The van der Waals surface area contributed by atoms with Crippen LogP contribution in [0.4, 0.5) is 0 Å². The molecule has 174 valence electrons. The van der Waals surface area contributed by atoms with Crippen LogP contribution < -0.4 is 0 Å². The van der Waals surface area contributed by atoms with Crippen molar-refractivity contribution in [3.8, 4) is 0 Å². The fourth-order valence-corrected chi connectivity index (χ4v) is 5.33. The lowest BCUT2D eigenvalue weighted by molar-refractivity contribution is -0.135. The normalized spacial score (nSPS) is 22.8. The average molecular weight is 449 g/mol.